The monoisotopic (exact) mass is 338 g/mol. The molecule has 0 aliphatic heterocycles. The maximum Gasteiger partial charge on any atom is 0.326 e. The lowest BCUT2D eigenvalue weighted by molar-refractivity contribution is -0.143. The van der Waals surface area contributed by atoms with E-state index in [9.17, 15) is 14.4 Å². The predicted molar refractivity (Wildman–Crippen MR) is 90.3 cm³/mol. The van der Waals surface area contributed by atoms with Crippen molar-refractivity contribution in [1.29, 1.82) is 0 Å². The van der Waals surface area contributed by atoms with Crippen LogP contribution in [0.1, 0.15) is 19.4 Å². The quantitative estimate of drug-likeness (QED) is 0.529. The molecule has 6 nitrogen and oxygen atoms in total. The molecule has 23 heavy (non-hydrogen) atoms. The Morgan fingerprint density at radius 3 is 2.22 bits per heavy atom. The smallest absolute Gasteiger partial charge is 0.326 e. The minimum atomic E-state index is -1.11. The number of nitrogens with one attached hydrogen (secondary N) is 2. The summed E-state index contributed by atoms with van der Waals surface area (Å²) < 4.78 is 0. The van der Waals surface area contributed by atoms with Gasteiger partial charge in [-0.15, -0.1) is 0 Å². The minimum Gasteiger partial charge on any atom is -0.480 e. The lowest BCUT2D eigenvalue weighted by atomic mass is 10.0. The molecule has 1 aromatic rings. The summed E-state index contributed by atoms with van der Waals surface area (Å²) in [5, 5.41) is 14.1. The lowest BCUT2D eigenvalue weighted by Crippen LogP contribution is -2.54. The highest BCUT2D eigenvalue weighted by Gasteiger charge is 2.27. The molecule has 0 unspecified atom stereocenters. The molecular formula is C16H22N2O4S. The summed E-state index contributed by atoms with van der Waals surface area (Å²) in [6.45, 7) is 3.39. The van der Waals surface area contributed by atoms with Crippen molar-refractivity contribution < 1.29 is 19.5 Å². The Balaban J connectivity index is 2.63. The van der Waals surface area contributed by atoms with Crippen molar-refractivity contribution >= 4 is 30.4 Å². The van der Waals surface area contributed by atoms with Crippen LogP contribution in [0.4, 0.5) is 0 Å². The number of carbonyl (C=O) groups excluding carboxylic acids is 2. The molecule has 0 saturated heterocycles. The zero-order valence-corrected chi connectivity index (χ0v) is 14.0. The van der Waals surface area contributed by atoms with Crippen LogP contribution in [0.5, 0.6) is 0 Å². The van der Waals surface area contributed by atoms with Crippen molar-refractivity contribution in [3.63, 3.8) is 0 Å². The fraction of sp³-hybridized carbons (Fsp3) is 0.438. The van der Waals surface area contributed by atoms with E-state index < -0.39 is 24.0 Å². The third-order valence-electron chi connectivity index (χ3n) is 3.27. The van der Waals surface area contributed by atoms with E-state index in [4.69, 9.17) is 5.11 Å². The van der Waals surface area contributed by atoms with Crippen LogP contribution in [0.25, 0.3) is 0 Å². The molecule has 2 atom stereocenters. The number of amides is 2. The van der Waals surface area contributed by atoms with Gasteiger partial charge in [-0.05, 0) is 11.5 Å². The average molecular weight is 338 g/mol. The molecule has 2 amide bonds. The summed E-state index contributed by atoms with van der Waals surface area (Å²) >= 11 is 4.06. The van der Waals surface area contributed by atoms with E-state index in [1.165, 1.54) is 0 Å². The minimum absolute atomic E-state index is 0.0802. The Bertz CT molecular complexity index is 548. The Kier molecular flexibility index (Phi) is 7.61. The summed E-state index contributed by atoms with van der Waals surface area (Å²) in [4.78, 5) is 35.3. The zero-order valence-electron chi connectivity index (χ0n) is 13.2. The number of thiol groups is 1. The highest BCUT2D eigenvalue weighted by molar-refractivity contribution is 7.80. The fourth-order valence-electron chi connectivity index (χ4n) is 1.99. The van der Waals surface area contributed by atoms with Gasteiger partial charge in [0.15, 0.2) is 0 Å². The number of benzene rings is 1. The number of carbonyl (C=O) groups is 3. The average Bonchev–Trinajstić information content (AvgIpc) is 2.50. The highest BCUT2D eigenvalue weighted by Crippen LogP contribution is 2.04. The third-order valence-corrected chi connectivity index (χ3v) is 3.64. The number of carboxylic acid groups (broad SMARTS) is 1. The molecule has 0 spiro atoms. The number of carboxylic acids is 1. The highest BCUT2D eigenvalue weighted by atomic mass is 32.1. The van der Waals surface area contributed by atoms with Gasteiger partial charge in [-0.2, -0.15) is 12.6 Å². The van der Waals surface area contributed by atoms with E-state index in [0.29, 0.717) is 0 Å². The maximum absolute atomic E-state index is 12.1. The SMILES string of the molecule is CC(C)[C@H](NC(=O)[C@H](CS)NC(=O)Cc1ccccc1)C(=O)O. The van der Waals surface area contributed by atoms with E-state index in [0.717, 1.165) is 5.56 Å². The second kappa shape index (κ2) is 9.19. The summed E-state index contributed by atoms with van der Waals surface area (Å²) in [6.07, 6.45) is 0.144. The van der Waals surface area contributed by atoms with Gasteiger partial charge in [0.2, 0.25) is 11.8 Å². The normalized spacial score (nSPS) is 13.2. The summed E-state index contributed by atoms with van der Waals surface area (Å²) in [5.41, 5.74) is 0.828. The second-order valence-corrected chi connectivity index (χ2v) is 5.90. The first-order valence-corrected chi connectivity index (χ1v) is 7.95. The van der Waals surface area contributed by atoms with E-state index in [1.54, 1.807) is 13.8 Å². The standard InChI is InChI=1S/C16H22N2O4S/c1-10(2)14(16(21)22)18-15(20)12(9-23)17-13(19)8-11-6-4-3-5-7-11/h3-7,10,12,14,23H,8-9H2,1-2H3,(H,17,19)(H,18,20)(H,21,22)/t12-,14-/m0/s1. The molecule has 0 heterocycles. The van der Waals surface area contributed by atoms with E-state index in [2.05, 4.69) is 23.3 Å². The van der Waals surface area contributed by atoms with Crippen molar-refractivity contribution in [2.75, 3.05) is 5.75 Å². The molecule has 0 aromatic heterocycles. The number of hydrogen-bond acceptors (Lipinski definition) is 4. The maximum atomic E-state index is 12.1. The number of rotatable bonds is 8. The van der Waals surface area contributed by atoms with Crippen LogP contribution >= 0.6 is 12.6 Å². The summed E-state index contributed by atoms with van der Waals surface area (Å²) in [7, 11) is 0. The van der Waals surface area contributed by atoms with Crippen LogP contribution in [0.2, 0.25) is 0 Å². The molecular weight excluding hydrogens is 316 g/mol. The van der Waals surface area contributed by atoms with Crippen molar-refractivity contribution in [1.82, 2.24) is 10.6 Å². The molecule has 0 radical (unpaired) electrons. The first-order valence-electron chi connectivity index (χ1n) is 7.32. The molecule has 126 valence electrons. The molecule has 7 heteroatoms. The van der Waals surface area contributed by atoms with Gasteiger partial charge in [-0.3, -0.25) is 9.59 Å². The van der Waals surface area contributed by atoms with Gasteiger partial charge >= 0.3 is 5.97 Å². The van der Waals surface area contributed by atoms with Crippen LogP contribution in [0, 0.1) is 5.92 Å². The third kappa shape index (κ3) is 6.32. The van der Waals surface area contributed by atoms with Crippen molar-refractivity contribution in [3.8, 4) is 0 Å². The molecule has 0 bridgehead atoms. The topological polar surface area (TPSA) is 95.5 Å². The second-order valence-electron chi connectivity index (χ2n) is 5.53. The van der Waals surface area contributed by atoms with Gasteiger partial charge in [0, 0.05) is 5.75 Å². The van der Waals surface area contributed by atoms with Crippen molar-refractivity contribution in [2.45, 2.75) is 32.4 Å². The first-order chi connectivity index (χ1) is 10.8. The van der Waals surface area contributed by atoms with Crippen LogP contribution in [0.3, 0.4) is 0 Å². The van der Waals surface area contributed by atoms with E-state index in [1.807, 2.05) is 30.3 Å². The number of aliphatic carboxylic acids is 1. The summed E-state index contributed by atoms with van der Waals surface area (Å²) in [5.74, 6) is -2.17. The Hall–Kier alpha value is -2.02. The molecule has 1 aromatic carbocycles. The number of hydrogen-bond donors (Lipinski definition) is 4. The van der Waals surface area contributed by atoms with Crippen LogP contribution in [-0.4, -0.2) is 40.7 Å². The largest absolute Gasteiger partial charge is 0.480 e. The van der Waals surface area contributed by atoms with Gasteiger partial charge in [-0.1, -0.05) is 44.2 Å². The fourth-order valence-corrected chi connectivity index (χ4v) is 2.25. The first kappa shape index (κ1) is 19.0. The van der Waals surface area contributed by atoms with Gasteiger partial charge in [0.25, 0.3) is 0 Å². The molecule has 0 fully saturated rings. The zero-order chi connectivity index (χ0) is 17.4. The molecule has 1 rings (SSSR count). The molecule has 0 aliphatic rings. The van der Waals surface area contributed by atoms with Crippen molar-refractivity contribution in [3.05, 3.63) is 35.9 Å². The van der Waals surface area contributed by atoms with Crippen LogP contribution < -0.4 is 10.6 Å². The van der Waals surface area contributed by atoms with Gasteiger partial charge in [0.1, 0.15) is 12.1 Å². The van der Waals surface area contributed by atoms with Crippen LogP contribution in [-0.2, 0) is 20.8 Å². The van der Waals surface area contributed by atoms with Gasteiger partial charge < -0.3 is 15.7 Å². The molecule has 3 N–H and O–H groups in total. The molecule has 0 aliphatic carbocycles. The van der Waals surface area contributed by atoms with Gasteiger partial charge in [0.05, 0.1) is 6.42 Å². The summed E-state index contributed by atoms with van der Waals surface area (Å²) in [6, 6.07) is 7.25. The lowest BCUT2D eigenvalue weighted by Gasteiger charge is -2.22. The predicted octanol–water partition coefficient (Wildman–Crippen LogP) is 0.869. The van der Waals surface area contributed by atoms with E-state index in [-0.39, 0.29) is 24.0 Å². The molecule has 0 saturated carbocycles. The Labute approximate surface area is 141 Å². The Morgan fingerprint density at radius 1 is 1.13 bits per heavy atom. The Morgan fingerprint density at radius 2 is 1.74 bits per heavy atom. The van der Waals surface area contributed by atoms with Crippen molar-refractivity contribution in [2.24, 2.45) is 5.92 Å². The van der Waals surface area contributed by atoms with Crippen LogP contribution in [0.15, 0.2) is 30.3 Å². The van der Waals surface area contributed by atoms with E-state index >= 15 is 0 Å². The van der Waals surface area contributed by atoms with Gasteiger partial charge in [-0.25, -0.2) is 4.79 Å².